The zero-order valence-corrected chi connectivity index (χ0v) is 19.1. The van der Waals surface area contributed by atoms with Crippen molar-refractivity contribution in [2.24, 2.45) is 5.10 Å². The van der Waals surface area contributed by atoms with E-state index in [0.717, 1.165) is 5.56 Å². The summed E-state index contributed by atoms with van der Waals surface area (Å²) >= 11 is 17.9. The smallest absolute Gasteiger partial charge is 0.277 e. The Morgan fingerprint density at radius 3 is 2.44 bits per heavy atom. The van der Waals surface area contributed by atoms with E-state index in [2.05, 4.69) is 15.8 Å². The predicted molar refractivity (Wildman–Crippen MR) is 128 cm³/mol. The summed E-state index contributed by atoms with van der Waals surface area (Å²) in [5, 5.41) is 8.07. The van der Waals surface area contributed by atoms with E-state index in [0.29, 0.717) is 37.6 Å². The maximum atomic E-state index is 12.4. The molecule has 0 unspecified atom stereocenters. The average Bonchev–Trinajstić information content (AvgIpc) is 2.78. The number of carbonyl (C=O) groups excluding carboxylic acids is 2. The van der Waals surface area contributed by atoms with E-state index < -0.39 is 5.91 Å². The van der Waals surface area contributed by atoms with Crippen LogP contribution >= 0.6 is 34.8 Å². The molecule has 3 aromatic carbocycles. The molecular weight excluding hydrogens is 473 g/mol. The summed E-state index contributed by atoms with van der Waals surface area (Å²) in [5.41, 5.74) is 4.90. The van der Waals surface area contributed by atoms with Crippen LogP contribution in [0.1, 0.15) is 21.5 Å². The van der Waals surface area contributed by atoms with Crippen molar-refractivity contribution in [3.05, 3.63) is 92.4 Å². The molecule has 9 heteroatoms. The van der Waals surface area contributed by atoms with Crippen molar-refractivity contribution in [3.8, 4) is 5.75 Å². The van der Waals surface area contributed by atoms with Gasteiger partial charge in [-0.15, -0.1) is 0 Å². The van der Waals surface area contributed by atoms with Gasteiger partial charge in [0.2, 0.25) is 0 Å². The zero-order valence-electron chi connectivity index (χ0n) is 16.9. The summed E-state index contributed by atoms with van der Waals surface area (Å²) in [6, 6.07) is 16.7. The second-order valence-corrected chi connectivity index (χ2v) is 7.87. The highest BCUT2D eigenvalue weighted by atomic mass is 35.5. The van der Waals surface area contributed by atoms with Gasteiger partial charge in [0.15, 0.2) is 6.61 Å². The minimum Gasteiger partial charge on any atom is -0.484 e. The van der Waals surface area contributed by atoms with Crippen LogP contribution in [0.15, 0.2) is 65.8 Å². The van der Waals surface area contributed by atoms with Crippen LogP contribution in [0.5, 0.6) is 5.75 Å². The van der Waals surface area contributed by atoms with E-state index >= 15 is 0 Å². The molecule has 0 spiro atoms. The Morgan fingerprint density at radius 2 is 1.72 bits per heavy atom. The number of hydrazone groups is 1. The third kappa shape index (κ3) is 6.47. The van der Waals surface area contributed by atoms with Crippen LogP contribution in [0.2, 0.25) is 15.1 Å². The van der Waals surface area contributed by atoms with Gasteiger partial charge in [-0.05, 0) is 66.6 Å². The van der Waals surface area contributed by atoms with Crippen LogP contribution in [0.4, 0.5) is 5.69 Å². The van der Waals surface area contributed by atoms with E-state index in [1.807, 2.05) is 6.92 Å². The van der Waals surface area contributed by atoms with Crippen molar-refractivity contribution >= 4 is 58.5 Å². The summed E-state index contributed by atoms with van der Waals surface area (Å²) in [6.07, 6.45) is 1.44. The van der Waals surface area contributed by atoms with E-state index in [9.17, 15) is 9.59 Å². The Balaban J connectivity index is 1.49. The first-order chi connectivity index (χ1) is 15.3. The number of benzene rings is 3. The van der Waals surface area contributed by atoms with Gasteiger partial charge in [-0.25, -0.2) is 5.43 Å². The first-order valence-corrected chi connectivity index (χ1v) is 10.5. The number of rotatable bonds is 7. The minimum atomic E-state index is -0.445. The number of ether oxygens (including phenoxy) is 1. The lowest BCUT2D eigenvalue weighted by atomic mass is 10.1. The Morgan fingerprint density at radius 1 is 0.969 bits per heavy atom. The van der Waals surface area contributed by atoms with Gasteiger partial charge >= 0.3 is 0 Å². The topological polar surface area (TPSA) is 79.8 Å². The number of halogens is 3. The summed E-state index contributed by atoms with van der Waals surface area (Å²) in [7, 11) is 0. The van der Waals surface area contributed by atoms with Crippen molar-refractivity contribution in [2.45, 2.75) is 6.92 Å². The first kappa shape index (κ1) is 23.6. The number of carbonyl (C=O) groups is 2. The third-order valence-electron chi connectivity index (χ3n) is 4.35. The molecule has 0 bridgehead atoms. The van der Waals surface area contributed by atoms with Crippen LogP contribution in [-0.4, -0.2) is 24.6 Å². The lowest BCUT2D eigenvalue weighted by Gasteiger charge is -2.10. The molecule has 0 saturated carbocycles. The number of amides is 2. The van der Waals surface area contributed by atoms with E-state index in [4.69, 9.17) is 39.5 Å². The van der Waals surface area contributed by atoms with Gasteiger partial charge in [0.1, 0.15) is 5.75 Å². The normalized spacial score (nSPS) is 10.8. The second-order valence-electron chi connectivity index (χ2n) is 6.65. The summed E-state index contributed by atoms with van der Waals surface area (Å²) < 4.78 is 5.42. The van der Waals surface area contributed by atoms with Gasteiger partial charge < -0.3 is 10.1 Å². The SMILES string of the molecule is Cc1c(Cl)cccc1NC(=O)c1ccc(OCC(=O)N/N=C/c2ccc(Cl)c(Cl)c2)cc1. The van der Waals surface area contributed by atoms with E-state index in [-0.39, 0.29) is 12.5 Å². The maximum Gasteiger partial charge on any atom is 0.277 e. The monoisotopic (exact) mass is 489 g/mol. The fourth-order valence-electron chi connectivity index (χ4n) is 2.59. The number of nitrogens with zero attached hydrogens (tertiary/aromatic N) is 1. The maximum absolute atomic E-state index is 12.4. The molecule has 0 aliphatic carbocycles. The Hall–Kier alpha value is -3.06. The molecule has 0 atom stereocenters. The molecule has 2 N–H and O–H groups in total. The molecule has 0 radical (unpaired) electrons. The average molecular weight is 491 g/mol. The lowest BCUT2D eigenvalue weighted by Crippen LogP contribution is -2.24. The molecule has 0 aromatic heterocycles. The molecule has 32 heavy (non-hydrogen) atoms. The molecule has 0 aliphatic rings. The Kier molecular flexibility index (Phi) is 8.11. The van der Waals surface area contributed by atoms with Crippen LogP contribution in [0.3, 0.4) is 0 Å². The third-order valence-corrected chi connectivity index (χ3v) is 5.50. The minimum absolute atomic E-state index is 0.244. The predicted octanol–water partition coefficient (Wildman–Crippen LogP) is 5.74. The first-order valence-electron chi connectivity index (χ1n) is 9.40. The Bertz CT molecular complexity index is 1160. The van der Waals surface area contributed by atoms with Crippen molar-refractivity contribution in [1.82, 2.24) is 5.43 Å². The van der Waals surface area contributed by atoms with E-state index in [1.165, 1.54) is 6.21 Å². The summed E-state index contributed by atoms with van der Waals surface area (Å²) in [6.45, 7) is 1.58. The lowest BCUT2D eigenvalue weighted by molar-refractivity contribution is -0.123. The Labute approximate surface area is 200 Å². The summed E-state index contributed by atoms with van der Waals surface area (Å²) in [4.78, 5) is 24.3. The highest BCUT2D eigenvalue weighted by Crippen LogP contribution is 2.24. The van der Waals surface area contributed by atoms with E-state index in [1.54, 1.807) is 60.7 Å². The van der Waals surface area contributed by atoms with Crippen molar-refractivity contribution in [3.63, 3.8) is 0 Å². The van der Waals surface area contributed by atoms with Gasteiger partial charge in [0.05, 0.1) is 16.3 Å². The van der Waals surface area contributed by atoms with Crippen molar-refractivity contribution in [2.75, 3.05) is 11.9 Å². The molecule has 2 amide bonds. The number of hydrogen-bond donors (Lipinski definition) is 2. The second kappa shape index (κ2) is 11.0. The molecule has 3 aromatic rings. The van der Waals surface area contributed by atoms with Crippen LogP contribution in [0, 0.1) is 6.92 Å². The van der Waals surface area contributed by atoms with Crippen molar-refractivity contribution in [1.29, 1.82) is 0 Å². The number of nitrogens with one attached hydrogen (secondary N) is 2. The standard InChI is InChI=1S/C23H18Cl3N3O3/c1-14-18(24)3-2-4-21(14)28-23(31)16-6-8-17(9-7-16)32-13-22(30)29-27-12-15-5-10-19(25)20(26)11-15/h2-12H,13H2,1H3,(H,28,31)(H,29,30)/b27-12+. The molecule has 6 nitrogen and oxygen atoms in total. The fourth-order valence-corrected chi connectivity index (χ4v) is 3.07. The molecular formula is C23H18Cl3N3O3. The fraction of sp³-hybridized carbons (Fsp3) is 0.0870. The van der Waals surface area contributed by atoms with Gasteiger partial charge in [-0.2, -0.15) is 5.10 Å². The number of anilines is 1. The van der Waals surface area contributed by atoms with Gasteiger partial charge in [-0.3, -0.25) is 9.59 Å². The molecule has 0 aliphatic heterocycles. The van der Waals surface area contributed by atoms with Gasteiger partial charge in [0, 0.05) is 16.3 Å². The number of hydrogen-bond acceptors (Lipinski definition) is 4. The van der Waals surface area contributed by atoms with Crippen LogP contribution < -0.4 is 15.5 Å². The molecule has 0 fully saturated rings. The summed E-state index contributed by atoms with van der Waals surface area (Å²) in [5.74, 6) is -0.292. The van der Waals surface area contributed by atoms with Crippen molar-refractivity contribution < 1.29 is 14.3 Å². The highest BCUT2D eigenvalue weighted by molar-refractivity contribution is 6.42. The van der Waals surface area contributed by atoms with Crippen LogP contribution in [0.25, 0.3) is 0 Å². The largest absolute Gasteiger partial charge is 0.484 e. The quantitative estimate of drug-likeness (QED) is 0.327. The molecule has 0 heterocycles. The molecule has 164 valence electrons. The highest BCUT2D eigenvalue weighted by Gasteiger charge is 2.10. The molecule has 0 saturated heterocycles. The van der Waals surface area contributed by atoms with Gasteiger partial charge in [-0.1, -0.05) is 46.9 Å². The van der Waals surface area contributed by atoms with Gasteiger partial charge in [0.25, 0.3) is 11.8 Å². The zero-order chi connectivity index (χ0) is 23.1. The molecule has 3 rings (SSSR count). The van der Waals surface area contributed by atoms with Crippen LogP contribution in [-0.2, 0) is 4.79 Å².